The van der Waals surface area contributed by atoms with Gasteiger partial charge in [0.25, 0.3) is 0 Å². The predicted octanol–water partition coefficient (Wildman–Crippen LogP) is 5.95. The van der Waals surface area contributed by atoms with Gasteiger partial charge in [-0.25, -0.2) is 4.68 Å². The molecule has 1 fully saturated rings. The molecule has 0 bridgehead atoms. The molecule has 5 rings (SSSR count). The number of aromatic nitrogens is 4. The minimum atomic E-state index is -5.03. The molecule has 0 radical (unpaired) electrons. The second-order valence-corrected chi connectivity index (χ2v) is 10.9. The van der Waals surface area contributed by atoms with Gasteiger partial charge in [-0.2, -0.15) is 38.1 Å². The maximum atomic E-state index is 14.0. The minimum Gasteiger partial charge on any atom is -0.390 e. The first-order valence-electron chi connectivity index (χ1n) is 12.3. The van der Waals surface area contributed by atoms with E-state index in [2.05, 4.69) is 15.5 Å². The van der Waals surface area contributed by atoms with E-state index in [1.54, 1.807) is 40.9 Å². The minimum absolute atomic E-state index is 0.0428. The maximum Gasteiger partial charge on any atom is 0.416 e. The monoisotopic (exact) mass is 631 g/mol. The van der Waals surface area contributed by atoms with Crippen LogP contribution in [0.15, 0.2) is 47.0 Å². The van der Waals surface area contributed by atoms with E-state index in [0.29, 0.717) is 42.3 Å². The molecule has 1 aliphatic heterocycles. The van der Waals surface area contributed by atoms with Crippen molar-refractivity contribution in [3.63, 3.8) is 0 Å². The van der Waals surface area contributed by atoms with Crippen LogP contribution in [-0.2, 0) is 25.5 Å². The van der Waals surface area contributed by atoms with Gasteiger partial charge in [0.2, 0.25) is 5.78 Å². The number of hydrogen-bond acceptors (Lipinski definition) is 8. The molecule has 0 atom stereocenters. The van der Waals surface area contributed by atoms with Gasteiger partial charge >= 0.3 is 12.4 Å². The van der Waals surface area contributed by atoms with Gasteiger partial charge in [0.1, 0.15) is 5.69 Å². The Morgan fingerprint density at radius 1 is 1.02 bits per heavy atom. The highest BCUT2D eigenvalue weighted by molar-refractivity contribution is 7.99. The van der Waals surface area contributed by atoms with Crippen LogP contribution in [0.25, 0.3) is 11.3 Å². The topological polar surface area (TPSA) is 97.3 Å². The number of hydrogen-bond donors (Lipinski definition) is 1. The summed E-state index contributed by atoms with van der Waals surface area (Å²) in [7, 11) is 0. The first-order chi connectivity index (χ1) is 19.9. The van der Waals surface area contributed by atoms with Gasteiger partial charge in [-0.1, -0.05) is 34.1 Å². The zero-order valence-electron chi connectivity index (χ0n) is 21.3. The van der Waals surface area contributed by atoms with E-state index in [1.807, 2.05) is 0 Å². The van der Waals surface area contributed by atoms with E-state index in [9.17, 15) is 36.2 Å². The second kappa shape index (κ2) is 11.6. The van der Waals surface area contributed by atoms with Crippen molar-refractivity contribution in [3.05, 3.63) is 81.1 Å². The van der Waals surface area contributed by atoms with Crippen LogP contribution in [-0.4, -0.2) is 55.6 Å². The highest BCUT2D eigenvalue weighted by Crippen LogP contribution is 2.38. The van der Waals surface area contributed by atoms with Crippen LogP contribution in [0.1, 0.15) is 38.4 Å². The Kier molecular flexibility index (Phi) is 8.27. The fourth-order valence-corrected chi connectivity index (χ4v) is 5.67. The number of anilines is 1. The van der Waals surface area contributed by atoms with Gasteiger partial charge in [-0.3, -0.25) is 4.79 Å². The smallest absolute Gasteiger partial charge is 0.390 e. The molecule has 0 unspecified atom stereocenters. The molecule has 2 aromatic heterocycles. The molecular formula is C26H20ClF6N5O3S. The third kappa shape index (κ3) is 5.99. The third-order valence-electron chi connectivity index (χ3n) is 6.47. The zero-order valence-corrected chi connectivity index (χ0v) is 22.9. The van der Waals surface area contributed by atoms with Crippen LogP contribution >= 0.6 is 23.4 Å². The van der Waals surface area contributed by atoms with E-state index >= 15 is 0 Å². The Labute approximate surface area is 243 Å². The first-order valence-corrected chi connectivity index (χ1v) is 13.8. The number of thioether (sulfide) groups is 1. The number of halogens is 7. The number of aliphatic hydroxyl groups is 1. The molecule has 222 valence electrons. The molecule has 1 saturated heterocycles. The summed E-state index contributed by atoms with van der Waals surface area (Å²) >= 11 is 7.94. The van der Waals surface area contributed by atoms with Gasteiger partial charge in [0.15, 0.2) is 17.3 Å². The molecule has 0 amide bonds. The lowest BCUT2D eigenvalue weighted by molar-refractivity contribution is -0.143. The Hall–Kier alpha value is -3.56. The normalized spacial score (nSPS) is 14.4. The van der Waals surface area contributed by atoms with Crippen LogP contribution in [0.2, 0.25) is 5.02 Å². The van der Waals surface area contributed by atoms with E-state index in [4.69, 9.17) is 16.1 Å². The summed E-state index contributed by atoms with van der Waals surface area (Å²) in [5.74, 6) is 0.564. The number of carbonyl (C=O) groups is 1. The highest BCUT2D eigenvalue weighted by atomic mass is 35.5. The quantitative estimate of drug-likeness (QED) is 0.198. The molecule has 42 heavy (non-hydrogen) atoms. The second-order valence-electron chi connectivity index (χ2n) is 9.23. The van der Waals surface area contributed by atoms with Crippen molar-refractivity contribution in [1.29, 1.82) is 0 Å². The summed E-state index contributed by atoms with van der Waals surface area (Å²) in [5.41, 5.74) is -3.48. The molecule has 0 saturated carbocycles. The van der Waals surface area contributed by atoms with Crippen molar-refractivity contribution in [3.8, 4) is 11.3 Å². The molecule has 0 spiro atoms. The number of ketones is 1. The van der Waals surface area contributed by atoms with E-state index in [-0.39, 0.29) is 45.2 Å². The third-order valence-corrected chi connectivity index (χ3v) is 7.74. The summed E-state index contributed by atoms with van der Waals surface area (Å²) in [5, 5.41) is 21.9. The molecule has 0 aliphatic carbocycles. The van der Waals surface area contributed by atoms with Crippen molar-refractivity contribution in [2.24, 2.45) is 0 Å². The van der Waals surface area contributed by atoms with E-state index < -0.39 is 42.4 Å². The summed E-state index contributed by atoms with van der Waals surface area (Å²) in [6.07, 6.45) is -10.1. The largest absolute Gasteiger partial charge is 0.416 e. The molecule has 2 aromatic carbocycles. The van der Waals surface area contributed by atoms with Crippen molar-refractivity contribution in [2.75, 3.05) is 29.5 Å². The number of rotatable bonds is 7. The number of nitrogens with zero attached hydrogens (tertiary/aromatic N) is 5. The van der Waals surface area contributed by atoms with Crippen molar-refractivity contribution >= 4 is 35.0 Å². The molecule has 3 heterocycles. The van der Waals surface area contributed by atoms with Crippen LogP contribution in [0.5, 0.6) is 0 Å². The Bertz CT molecular complexity index is 1580. The van der Waals surface area contributed by atoms with Crippen LogP contribution in [0.4, 0.5) is 32.2 Å². The van der Waals surface area contributed by atoms with Gasteiger partial charge in [0, 0.05) is 30.2 Å². The van der Waals surface area contributed by atoms with E-state index in [1.165, 1.54) is 0 Å². The summed E-state index contributed by atoms with van der Waals surface area (Å²) in [4.78, 5) is 15.7. The molecule has 16 heteroatoms. The van der Waals surface area contributed by atoms with Crippen molar-refractivity contribution in [2.45, 2.75) is 25.5 Å². The summed E-state index contributed by atoms with van der Waals surface area (Å²) < 4.78 is 87.4. The van der Waals surface area contributed by atoms with Crippen LogP contribution in [0.3, 0.4) is 0 Å². The lowest BCUT2D eigenvalue weighted by Gasteiger charge is -2.29. The number of aliphatic hydroxyl groups excluding tert-OH is 1. The van der Waals surface area contributed by atoms with E-state index in [0.717, 1.165) is 4.68 Å². The fraction of sp³-hybridized carbons (Fsp3) is 0.308. The Balaban J connectivity index is 1.63. The Morgan fingerprint density at radius 3 is 2.26 bits per heavy atom. The lowest BCUT2D eigenvalue weighted by atomic mass is 10.0. The van der Waals surface area contributed by atoms with Gasteiger partial charge in [0.05, 0.1) is 34.9 Å². The standard InChI is InChI=1S/C26H20ClF6N5O3S/c27-18-4-2-1-3-17(18)23-20(19(13-39)35-41-23)22(40)21-24(37-5-7-42-8-6-37)38(36-34-21)12-14-9-15(25(28,29)30)11-16(10-14)26(31,32)33/h1-4,9-11,39H,5-8,12-13H2. The van der Waals surface area contributed by atoms with Gasteiger partial charge in [-0.15, -0.1) is 5.10 Å². The van der Waals surface area contributed by atoms with Crippen LogP contribution < -0.4 is 4.90 Å². The van der Waals surface area contributed by atoms with Crippen molar-refractivity contribution < 1.29 is 40.8 Å². The van der Waals surface area contributed by atoms with Crippen LogP contribution in [0, 0.1) is 0 Å². The number of alkyl halides is 6. The first kappa shape index (κ1) is 29.9. The van der Waals surface area contributed by atoms with Gasteiger partial charge in [-0.05, 0) is 35.9 Å². The number of benzene rings is 2. The fourth-order valence-electron chi connectivity index (χ4n) is 4.55. The SMILES string of the molecule is O=C(c1nnn(Cc2cc(C(F)(F)F)cc(C(F)(F)F)c2)c1N1CCSCC1)c1c(CO)noc1-c1ccccc1Cl. The highest BCUT2D eigenvalue weighted by Gasteiger charge is 2.38. The molecule has 1 aliphatic rings. The molecular weight excluding hydrogens is 612 g/mol. The molecule has 1 N–H and O–H groups in total. The molecule has 8 nitrogen and oxygen atoms in total. The number of carbonyl (C=O) groups excluding carboxylic acids is 1. The van der Waals surface area contributed by atoms with Gasteiger partial charge < -0.3 is 14.5 Å². The zero-order chi connectivity index (χ0) is 30.2. The predicted molar refractivity (Wildman–Crippen MR) is 141 cm³/mol. The Morgan fingerprint density at radius 2 is 1.67 bits per heavy atom. The summed E-state index contributed by atoms with van der Waals surface area (Å²) in [6.45, 7) is -0.408. The maximum absolute atomic E-state index is 14.0. The summed E-state index contributed by atoms with van der Waals surface area (Å²) in [6, 6.07) is 7.69. The van der Waals surface area contributed by atoms with Crippen molar-refractivity contribution in [1.82, 2.24) is 20.2 Å². The average Bonchev–Trinajstić information content (AvgIpc) is 3.57. The average molecular weight is 632 g/mol. The lowest BCUT2D eigenvalue weighted by Crippen LogP contribution is -2.35. The molecule has 4 aromatic rings.